The van der Waals surface area contributed by atoms with E-state index in [1.54, 1.807) is 0 Å². The van der Waals surface area contributed by atoms with Gasteiger partial charge in [0.25, 0.3) is 0 Å². The zero-order chi connectivity index (χ0) is 42.4. The number of hydrogen-bond donors (Lipinski definition) is 0. The van der Waals surface area contributed by atoms with Gasteiger partial charge in [-0.1, -0.05) is 206 Å². The molecule has 0 fully saturated rings. The van der Waals surface area contributed by atoms with Crippen molar-refractivity contribution < 1.29 is 0 Å². The van der Waals surface area contributed by atoms with Gasteiger partial charge >= 0.3 is 0 Å². The second kappa shape index (κ2) is 16.0. The van der Waals surface area contributed by atoms with E-state index in [1.165, 1.54) is 91.8 Å². The molecule has 0 aliphatic carbocycles. The van der Waals surface area contributed by atoms with Gasteiger partial charge in [-0.05, 0) is 114 Å². The van der Waals surface area contributed by atoms with Gasteiger partial charge in [0.05, 0.1) is 5.69 Å². The summed E-state index contributed by atoms with van der Waals surface area (Å²) in [7, 11) is 0. The lowest BCUT2D eigenvalue weighted by molar-refractivity contribution is 1.28. The zero-order valence-electron chi connectivity index (χ0n) is 35.0. The van der Waals surface area contributed by atoms with Gasteiger partial charge in [0.2, 0.25) is 0 Å². The van der Waals surface area contributed by atoms with Gasteiger partial charge in [-0.3, -0.25) is 0 Å². The first-order chi connectivity index (χ1) is 31.8. The van der Waals surface area contributed by atoms with E-state index in [0.29, 0.717) is 0 Å². The molecule has 2 heteroatoms. The van der Waals surface area contributed by atoms with Crippen LogP contribution in [0.2, 0.25) is 0 Å². The first kappa shape index (κ1) is 37.7. The molecule has 0 bridgehead atoms. The third-order valence-electron chi connectivity index (χ3n) is 12.7. The predicted octanol–water partition coefficient (Wildman–Crippen LogP) is 18.2. The number of para-hydroxylation sites is 1. The molecule has 1 aromatic heterocycles. The largest absolute Gasteiger partial charge is 0.310 e. The molecule has 0 radical (unpaired) electrons. The SMILES string of the molecule is c1ccc(-c2ccccc2-c2ccccc2-c2ccccc2N(c2ccc(-c3cc4ccccc4c4ccccc34)cc2)c2cccc(-c3cccc4c3sc3ccccc34)c2)cc1. The Hall–Kier alpha value is -8.04. The van der Waals surface area contributed by atoms with Crippen molar-refractivity contribution >= 4 is 70.1 Å². The van der Waals surface area contributed by atoms with Crippen molar-refractivity contribution in [2.24, 2.45) is 0 Å². The maximum atomic E-state index is 2.45. The van der Waals surface area contributed by atoms with Crippen LogP contribution in [0.1, 0.15) is 0 Å². The molecular weight excluding hydrogens is 791 g/mol. The van der Waals surface area contributed by atoms with Gasteiger partial charge in [0.1, 0.15) is 0 Å². The lowest BCUT2D eigenvalue weighted by Crippen LogP contribution is -2.11. The second-order valence-electron chi connectivity index (χ2n) is 16.4. The standard InChI is InChI=1S/C62H41NS/c1-2-18-42(19-3-1)48-23-6-7-25-51(48)53-27-9-10-28-54(53)56-30-12-14-34-60(56)63(47-22-16-21-44(40-47)50-32-17-33-58-57-31-13-15-35-61(57)64-62(50)58)46-38-36-43(37-39-46)59-41-45-20-4-5-24-49(45)52-26-8-11-29-55(52)59/h1-41H. The Morgan fingerprint density at radius 2 is 0.797 bits per heavy atom. The zero-order valence-corrected chi connectivity index (χ0v) is 35.8. The van der Waals surface area contributed by atoms with Crippen LogP contribution < -0.4 is 4.90 Å². The summed E-state index contributed by atoms with van der Waals surface area (Å²) in [5.41, 5.74) is 15.3. The Labute approximate surface area is 377 Å². The number of fused-ring (bicyclic) bond motifs is 6. The fraction of sp³-hybridized carbons (Fsp3) is 0. The van der Waals surface area contributed by atoms with Crippen LogP contribution in [0.25, 0.3) is 97.4 Å². The summed E-state index contributed by atoms with van der Waals surface area (Å²) in [6, 6.07) is 90.9. The number of anilines is 3. The molecule has 0 spiro atoms. The van der Waals surface area contributed by atoms with Gasteiger partial charge in [-0.15, -0.1) is 11.3 Å². The van der Waals surface area contributed by atoms with E-state index in [0.717, 1.165) is 22.6 Å². The summed E-state index contributed by atoms with van der Waals surface area (Å²) in [6.45, 7) is 0. The molecule has 1 heterocycles. The molecule has 0 unspecified atom stereocenters. The average molecular weight is 832 g/mol. The van der Waals surface area contributed by atoms with E-state index >= 15 is 0 Å². The van der Waals surface area contributed by atoms with Gasteiger partial charge in [-0.2, -0.15) is 0 Å². The van der Waals surface area contributed by atoms with E-state index in [4.69, 9.17) is 0 Å². The summed E-state index contributed by atoms with van der Waals surface area (Å²) >= 11 is 1.88. The summed E-state index contributed by atoms with van der Waals surface area (Å²) in [6.07, 6.45) is 0. The lowest BCUT2D eigenvalue weighted by atomic mass is 9.88. The lowest BCUT2D eigenvalue weighted by Gasteiger charge is -2.29. The average Bonchev–Trinajstić information content (AvgIpc) is 3.76. The minimum Gasteiger partial charge on any atom is -0.310 e. The fourth-order valence-electron chi connectivity index (χ4n) is 9.73. The van der Waals surface area contributed by atoms with Crippen molar-refractivity contribution in [3.8, 4) is 55.6 Å². The molecule has 0 aliphatic rings. The number of thiophene rings is 1. The highest BCUT2D eigenvalue weighted by atomic mass is 32.1. The monoisotopic (exact) mass is 831 g/mol. The minimum absolute atomic E-state index is 1.08. The molecule has 300 valence electrons. The minimum atomic E-state index is 1.08. The highest BCUT2D eigenvalue weighted by Crippen LogP contribution is 2.47. The van der Waals surface area contributed by atoms with Crippen molar-refractivity contribution in [3.63, 3.8) is 0 Å². The Morgan fingerprint density at radius 1 is 0.266 bits per heavy atom. The van der Waals surface area contributed by atoms with Crippen molar-refractivity contribution in [3.05, 3.63) is 249 Å². The Bertz CT molecular complexity index is 3670. The Kier molecular flexibility index (Phi) is 9.43. The van der Waals surface area contributed by atoms with Gasteiger partial charge in [0.15, 0.2) is 0 Å². The third-order valence-corrected chi connectivity index (χ3v) is 13.9. The van der Waals surface area contributed by atoms with Gasteiger partial charge in [0, 0.05) is 37.1 Å². The highest BCUT2D eigenvalue weighted by molar-refractivity contribution is 7.26. The van der Waals surface area contributed by atoms with Crippen molar-refractivity contribution in [1.82, 2.24) is 0 Å². The van der Waals surface area contributed by atoms with Crippen LogP contribution in [0.15, 0.2) is 249 Å². The van der Waals surface area contributed by atoms with Crippen molar-refractivity contribution in [2.45, 2.75) is 0 Å². The van der Waals surface area contributed by atoms with E-state index in [1.807, 2.05) is 11.3 Å². The molecule has 0 aliphatic heterocycles. The van der Waals surface area contributed by atoms with Gasteiger partial charge in [-0.25, -0.2) is 0 Å². The Morgan fingerprint density at radius 3 is 1.59 bits per heavy atom. The smallest absolute Gasteiger partial charge is 0.0540 e. The van der Waals surface area contributed by atoms with Crippen LogP contribution in [0.4, 0.5) is 17.1 Å². The Balaban J connectivity index is 1.05. The molecule has 0 amide bonds. The molecule has 12 aromatic rings. The van der Waals surface area contributed by atoms with Crippen LogP contribution >= 0.6 is 11.3 Å². The highest BCUT2D eigenvalue weighted by Gasteiger charge is 2.22. The molecule has 0 N–H and O–H groups in total. The predicted molar refractivity (Wildman–Crippen MR) is 276 cm³/mol. The van der Waals surface area contributed by atoms with Gasteiger partial charge < -0.3 is 4.90 Å². The second-order valence-corrected chi connectivity index (χ2v) is 17.4. The topological polar surface area (TPSA) is 3.24 Å². The number of rotatable bonds is 8. The molecule has 0 atom stereocenters. The van der Waals surface area contributed by atoms with E-state index in [-0.39, 0.29) is 0 Å². The van der Waals surface area contributed by atoms with E-state index < -0.39 is 0 Å². The van der Waals surface area contributed by atoms with Crippen molar-refractivity contribution in [2.75, 3.05) is 4.90 Å². The molecule has 12 rings (SSSR count). The molecule has 0 saturated carbocycles. The van der Waals surface area contributed by atoms with Crippen LogP contribution in [0.3, 0.4) is 0 Å². The van der Waals surface area contributed by atoms with Crippen LogP contribution in [0.5, 0.6) is 0 Å². The maximum Gasteiger partial charge on any atom is 0.0540 e. The fourth-order valence-corrected chi connectivity index (χ4v) is 11.0. The summed E-state index contributed by atoms with van der Waals surface area (Å²) in [5, 5.41) is 7.66. The maximum absolute atomic E-state index is 2.45. The first-order valence-corrected chi connectivity index (χ1v) is 22.7. The van der Waals surface area contributed by atoms with Crippen LogP contribution in [0, 0.1) is 0 Å². The number of benzene rings is 11. The van der Waals surface area contributed by atoms with Crippen molar-refractivity contribution in [1.29, 1.82) is 0 Å². The molecule has 11 aromatic carbocycles. The summed E-state index contributed by atoms with van der Waals surface area (Å²) in [4.78, 5) is 2.45. The van der Waals surface area contributed by atoms with Crippen LogP contribution in [-0.2, 0) is 0 Å². The molecule has 0 saturated heterocycles. The molecular formula is C62H41NS. The van der Waals surface area contributed by atoms with Crippen LogP contribution in [-0.4, -0.2) is 0 Å². The third kappa shape index (κ3) is 6.55. The molecule has 64 heavy (non-hydrogen) atoms. The summed E-state index contributed by atoms with van der Waals surface area (Å²) in [5.74, 6) is 0. The number of nitrogens with zero attached hydrogens (tertiary/aromatic N) is 1. The summed E-state index contributed by atoms with van der Waals surface area (Å²) < 4.78 is 2.62. The van der Waals surface area contributed by atoms with E-state index in [2.05, 4.69) is 254 Å². The van der Waals surface area contributed by atoms with E-state index in [9.17, 15) is 0 Å². The number of hydrogen-bond acceptors (Lipinski definition) is 2. The molecule has 1 nitrogen and oxygen atoms in total. The quantitative estimate of drug-likeness (QED) is 0.138. The first-order valence-electron chi connectivity index (χ1n) is 21.9. The normalized spacial score (nSPS) is 11.4.